The minimum Gasteiger partial charge on any atom is -0.455 e. The Morgan fingerprint density at radius 1 is 1.31 bits per heavy atom. The molecule has 2 aromatic rings. The van der Waals surface area contributed by atoms with E-state index in [0.717, 1.165) is 0 Å². The van der Waals surface area contributed by atoms with Gasteiger partial charge in [0.15, 0.2) is 16.5 Å². The molecule has 2 amide bonds. The van der Waals surface area contributed by atoms with Crippen LogP contribution in [0.15, 0.2) is 40.2 Å². The quantitative estimate of drug-likeness (QED) is 0.597. The average Bonchev–Trinajstić information content (AvgIpc) is 3.34. The molecule has 2 aliphatic rings. The highest BCUT2D eigenvalue weighted by atomic mass is 32.2. The van der Waals surface area contributed by atoms with E-state index in [1.807, 2.05) is 0 Å². The largest absolute Gasteiger partial charge is 0.455 e. The van der Waals surface area contributed by atoms with Crippen molar-refractivity contribution >= 4 is 23.8 Å². The lowest BCUT2D eigenvalue weighted by atomic mass is 10.0. The van der Waals surface area contributed by atoms with E-state index >= 15 is 0 Å². The summed E-state index contributed by atoms with van der Waals surface area (Å²) in [6.07, 6.45) is 3.68. The zero-order chi connectivity index (χ0) is 18.1. The molecule has 0 radical (unpaired) electrons. The molecule has 2 aromatic heterocycles. The third-order valence-corrected chi connectivity index (χ3v) is 5.40. The molecule has 0 saturated carbocycles. The zero-order valence-electron chi connectivity index (χ0n) is 14.3. The Kier molecular flexibility index (Phi) is 4.31. The number of likely N-dealkylation sites (tertiary alicyclic amines) is 1. The molecule has 2 fully saturated rings. The van der Waals surface area contributed by atoms with Gasteiger partial charge in [-0.15, -0.1) is 0 Å². The van der Waals surface area contributed by atoms with E-state index in [9.17, 15) is 9.59 Å². The average molecular weight is 374 g/mol. The molecule has 8 nitrogen and oxygen atoms in total. The summed E-state index contributed by atoms with van der Waals surface area (Å²) < 4.78 is 11.2. The van der Waals surface area contributed by atoms with Gasteiger partial charge in [0.2, 0.25) is 0 Å². The van der Waals surface area contributed by atoms with Crippen LogP contribution < -0.4 is 0 Å². The maximum atomic E-state index is 12.7. The molecule has 1 spiro atoms. The molecular formula is C17H18N4O4S. The number of carbonyl (C=O) groups is 2. The molecule has 26 heavy (non-hydrogen) atoms. The third kappa shape index (κ3) is 3.26. The maximum absolute atomic E-state index is 12.7. The Labute approximate surface area is 154 Å². The number of likely N-dealkylation sites (N-methyl/N-ethyl adjacent to an activating group) is 1. The van der Waals surface area contributed by atoms with Gasteiger partial charge < -0.3 is 19.0 Å². The Morgan fingerprint density at radius 2 is 2.12 bits per heavy atom. The van der Waals surface area contributed by atoms with Crippen LogP contribution in [0.5, 0.6) is 0 Å². The minimum atomic E-state index is -0.586. The van der Waals surface area contributed by atoms with Gasteiger partial charge in [-0.25, -0.2) is 14.8 Å². The lowest BCUT2D eigenvalue weighted by molar-refractivity contribution is 0.0538. The van der Waals surface area contributed by atoms with Crippen LogP contribution in [0.25, 0.3) is 0 Å². The number of amides is 2. The predicted molar refractivity (Wildman–Crippen MR) is 92.7 cm³/mol. The SMILES string of the molecule is CN1C[C@@]2(CCN(C(=O)c3ccc(CSc4ncccn4)o3)C2)OC1=O. The molecule has 1 atom stereocenters. The first-order valence-corrected chi connectivity index (χ1v) is 9.25. The molecule has 9 heteroatoms. The van der Waals surface area contributed by atoms with Crippen molar-refractivity contribution in [3.63, 3.8) is 0 Å². The van der Waals surface area contributed by atoms with Gasteiger partial charge in [-0.3, -0.25) is 4.79 Å². The highest BCUT2D eigenvalue weighted by Gasteiger charge is 2.49. The molecule has 2 aliphatic heterocycles. The van der Waals surface area contributed by atoms with Crippen molar-refractivity contribution in [1.82, 2.24) is 19.8 Å². The van der Waals surface area contributed by atoms with E-state index in [2.05, 4.69) is 9.97 Å². The van der Waals surface area contributed by atoms with Crippen molar-refractivity contribution in [3.8, 4) is 0 Å². The normalized spacial score (nSPS) is 22.3. The number of rotatable bonds is 4. The van der Waals surface area contributed by atoms with Gasteiger partial charge in [0.25, 0.3) is 5.91 Å². The van der Waals surface area contributed by atoms with E-state index in [-0.39, 0.29) is 12.0 Å². The highest BCUT2D eigenvalue weighted by Crippen LogP contribution is 2.32. The second kappa shape index (κ2) is 6.64. The monoisotopic (exact) mass is 374 g/mol. The predicted octanol–water partition coefficient (Wildman–Crippen LogP) is 2.03. The lowest BCUT2D eigenvalue weighted by Gasteiger charge is -2.21. The lowest BCUT2D eigenvalue weighted by Crippen LogP contribution is -2.39. The van der Waals surface area contributed by atoms with Crippen molar-refractivity contribution in [3.05, 3.63) is 42.1 Å². The van der Waals surface area contributed by atoms with Crippen LogP contribution in [0.2, 0.25) is 0 Å². The van der Waals surface area contributed by atoms with Crippen LogP contribution in [0.1, 0.15) is 22.7 Å². The van der Waals surface area contributed by atoms with Crippen molar-refractivity contribution in [1.29, 1.82) is 0 Å². The molecule has 0 N–H and O–H groups in total. The Hall–Kier alpha value is -2.55. The Bertz CT molecular complexity index is 827. The highest BCUT2D eigenvalue weighted by molar-refractivity contribution is 7.98. The van der Waals surface area contributed by atoms with Crippen LogP contribution >= 0.6 is 11.8 Å². The number of ether oxygens (including phenoxy) is 1. The van der Waals surface area contributed by atoms with E-state index in [0.29, 0.717) is 48.5 Å². The summed E-state index contributed by atoms with van der Waals surface area (Å²) >= 11 is 1.44. The van der Waals surface area contributed by atoms with E-state index in [1.54, 1.807) is 47.4 Å². The van der Waals surface area contributed by atoms with E-state index in [4.69, 9.17) is 9.15 Å². The third-order valence-electron chi connectivity index (χ3n) is 4.50. The van der Waals surface area contributed by atoms with Gasteiger partial charge in [-0.1, -0.05) is 11.8 Å². The van der Waals surface area contributed by atoms with Crippen LogP contribution in [0.4, 0.5) is 4.79 Å². The fourth-order valence-corrected chi connectivity index (χ4v) is 3.94. The molecular weight excluding hydrogens is 356 g/mol. The maximum Gasteiger partial charge on any atom is 0.410 e. The fourth-order valence-electron chi connectivity index (χ4n) is 3.24. The van der Waals surface area contributed by atoms with E-state index in [1.165, 1.54) is 11.8 Å². The topological polar surface area (TPSA) is 88.8 Å². The number of aromatic nitrogens is 2. The molecule has 2 saturated heterocycles. The molecule has 4 heterocycles. The van der Waals surface area contributed by atoms with Crippen LogP contribution in [0.3, 0.4) is 0 Å². The molecule has 4 rings (SSSR count). The first-order valence-electron chi connectivity index (χ1n) is 8.27. The number of carbonyl (C=O) groups excluding carboxylic acids is 2. The number of thioether (sulfide) groups is 1. The molecule has 0 bridgehead atoms. The fraction of sp³-hybridized carbons (Fsp3) is 0.412. The molecule has 0 aromatic carbocycles. The van der Waals surface area contributed by atoms with Gasteiger partial charge >= 0.3 is 6.09 Å². The number of hydrogen-bond acceptors (Lipinski definition) is 7. The molecule has 136 valence electrons. The summed E-state index contributed by atoms with van der Waals surface area (Å²) in [6, 6.07) is 5.23. The van der Waals surface area contributed by atoms with Crippen molar-refractivity contribution in [2.75, 3.05) is 26.7 Å². The first kappa shape index (κ1) is 16.9. The first-order chi connectivity index (χ1) is 12.5. The van der Waals surface area contributed by atoms with Crippen molar-refractivity contribution in [2.45, 2.75) is 22.9 Å². The number of furan rings is 1. The smallest absolute Gasteiger partial charge is 0.410 e. The van der Waals surface area contributed by atoms with Crippen LogP contribution in [-0.4, -0.2) is 64.1 Å². The summed E-state index contributed by atoms with van der Waals surface area (Å²) in [5.41, 5.74) is -0.586. The summed E-state index contributed by atoms with van der Waals surface area (Å²) in [5, 5.41) is 0.658. The molecule has 0 aliphatic carbocycles. The van der Waals surface area contributed by atoms with Crippen LogP contribution in [0, 0.1) is 0 Å². The van der Waals surface area contributed by atoms with Crippen molar-refractivity contribution in [2.24, 2.45) is 0 Å². The van der Waals surface area contributed by atoms with Gasteiger partial charge in [-0.05, 0) is 18.2 Å². The second-order valence-electron chi connectivity index (χ2n) is 6.47. The van der Waals surface area contributed by atoms with Gasteiger partial charge in [0.1, 0.15) is 5.76 Å². The van der Waals surface area contributed by atoms with E-state index < -0.39 is 5.60 Å². The van der Waals surface area contributed by atoms with Crippen LogP contribution in [-0.2, 0) is 10.5 Å². The summed E-state index contributed by atoms with van der Waals surface area (Å²) in [5.74, 6) is 1.35. The summed E-state index contributed by atoms with van der Waals surface area (Å²) in [4.78, 5) is 35.8. The van der Waals surface area contributed by atoms with Gasteiger partial charge in [0.05, 0.1) is 18.8 Å². The van der Waals surface area contributed by atoms with Gasteiger partial charge in [0, 0.05) is 32.4 Å². The summed E-state index contributed by atoms with van der Waals surface area (Å²) in [7, 11) is 1.70. The molecule has 0 unspecified atom stereocenters. The standard InChI is InChI=1S/C17H18N4O4S/c1-20-10-17(25-16(20)23)5-8-21(11-17)14(22)13-4-3-12(24-13)9-26-15-18-6-2-7-19-15/h2-4,6-7H,5,8-11H2,1H3/t17-/m1/s1. The summed E-state index contributed by atoms with van der Waals surface area (Å²) in [6.45, 7) is 1.44. The van der Waals surface area contributed by atoms with Gasteiger partial charge in [-0.2, -0.15) is 0 Å². The Balaban J connectivity index is 1.37. The Morgan fingerprint density at radius 3 is 2.85 bits per heavy atom. The minimum absolute atomic E-state index is 0.181. The number of hydrogen-bond donors (Lipinski definition) is 0. The zero-order valence-corrected chi connectivity index (χ0v) is 15.1. The van der Waals surface area contributed by atoms with Crippen molar-refractivity contribution < 1.29 is 18.7 Å². The number of nitrogens with zero attached hydrogens (tertiary/aromatic N) is 4. The second-order valence-corrected chi connectivity index (χ2v) is 7.41.